The van der Waals surface area contributed by atoms with E-state index in [2.05, 4.69) is 16.0 Å². The first-order valence-corrected chi connectivity index (χ1v) is 10.5. The molecule has 2 atom stereocenters. The average molecular weight is 406 g/mol. The predicted molar refractivity (Wildman–Crippen MR) is 106 cm³/mol. The number of carbonyl (C=O) groups excluding carboxylic acids is 2. The minimum Gasteiger partial charge on any atom is -0.374 e. The molecule has 0 radical (unpaired) electrons. The number of imide groups is 1. The Hall–Kier alpha value is -2.06. The molecule has 3 aliphatic heterocycles. The number of benzene rings is 1. The molecule has 0 aliphatic carbocycles. The number of halogens is 2. The van der Waals surface area contributed by atoms with Crippen LogP contribution in [0.25, 0.3) is 0 Å². The van der Waals surface area contributed by atoms with Gasteiger partial charge in [0.05, 0.1) is 12.6 Å². The molecule has 4 rings (SSSR count). The molecule has 3 N–H and O–H groups in total. The predicted octanol–water partition coefficient (Wildman–Crippen LogP) is 2.08. The van der Waals surface area contributed by atoms with Gasteiger partial charge in [0.2, 0.25) is 11.8 Å². The van der Waals surface area contributed by atoms with Gasteiger partial charge in [0, 0.05) is 12.1 Å². The molecule has 0 aromatic heterocycles. The zero-order valence-corrected chi connectivity index (χ0v) is 16.4. The molecule has 2 unspecified atom stereocenters. The van der Waals surface area contributed by atoms with Crippen molar-refractivity contribution < 1.29 is 18.4 Å². The lowest BCUT2D eigenvalue weighted by atomic mass is 9.87. The fraction of sp³-hybridized carbons (Fsp3) is 0.619. The van der Waals surface area contributed by atoms with Crippen molar-refractivity contribution in [1.82, 2.24) is 15.5 Å². The van der Waals surface area contributed by atoms with Gasteiger partial charge >= 0.3 is 0 Å². The van der Waals surface area contributed by atoms with Crippen LogP contribution >= 0.6 is 0 Å². The van der Waals surface area contributed by atoms with Crippen LogP contribution in [0.15, 0.2) is 24.3 Å². The van der Waals surface area contributed by atoms with E-state index in [1.54, 1.807) is 0 Å². The standard InChI is InChI=1S/C21H28F2N4O2/c22-21(23)13-24-10-7-18(21)27-11-8-15(9-12-27)14-1-3-16(4-2-14)25-17-5-6-19(28)26-20(17)29/h1-4,15,17-18,24-25H,5-13H2,(H,26,28,29). The van der Waals surface area contributed by atoms with E-state index in [0.29, 0.717) is 44.8 Å². The molecule has 0 spiro atoms. The highest BCUT2D eigenvalue weighted by molar-refractivity contribution is 6.01. The minimum atomic E-state index is -2.66. The van der Waals surface area contributed by atoms with E-state index < -0.39 is 18.0 Å². The molecular weight excluding hydrogens is 378 g/mol. The molecular formula is C21H28F2N4O2. The summed E-state index contributed by atoms with van der Waals surface area (Å²) >= 11 is 0. The Balaban J connectivity index is 1.31. The zero-order valence-electron chi connectivity index (χ0n) is 16.4. The van der Waals surface area contributed by atoms with Crippen molar-refractivity contribution in [3.05, 3.63) is 29.8 Å². The summed E-state index contributed by atoms with van der Waals surface area (Å²) in [5.74, 6) is -2.80. The zero-order chi connectivity index (χ0) is 20.4. The number of hydrogen-bond acceptors (Lipinski definition) is 5. The van der Waals surface area contributed by atoms with Gasteiger partial charge in [-0.15, -0.1) is 0 Å². The van der Waals surface area contributed by atoms with E-state index in [1.165, 1.54) is 5.56 Å². The number of carbonyl (C=O) groups is 2. The summed E-state index contributed by atoms with van der Waals surface area (Å²) in [5.41, 5.74) is 2.05. The number of rotatable bonds is 4. The average Bonchev–Trinajstić information content (AvgIpc) is 2.71. The normalized spacial score (nSPS) is 28.8. The molecule has 3 fully saturated rings. The maximum Gasteiger partial charge on any atom is 0.275 e. The van der Waals surface area contributed by atoms with Crippen LogP contribution in [0, 0.1) is 0 Å². The molecule has 8 heteroatoms. The molecule has 1 aromatic rings. The van der Waals surface area contributed by atoms with E-state index in [-0.39, 0.29) is 18.4 Å². The van der Waals surface area contributed by atoms with Crippen molar-refractivity contribution in [3.63, 3.8) is 0 Å². The van der Waals surface area contributed by atoms with E-state index in [0.717, 1.165) is 18.5 Å². The van der Waals surface area contributed by atoms with Crippen LogP contribution in [0.5, 0.6) is 0 Å². The summed E-state index contributed by atoms with van der Waals surface area (Å²) in [6, 6.07) is 6.96. The minimum absolute atomic E-state index is 0.223. The van der Waals surface area contributed by atoms with Crippen molar-refractivity contribution in [2.75, 3.05) is 31.5 Å². The molecule has 29 heavy (non-hydrogen) atoms. The third-order valence-corrected chi connectivity index (χ3v) is 6.38. The fourth-order valence-corrected chi connectivity index (χ4v) is 4.70. The van der Waals surface area contributed by atoms with Crippen LogP contribution in [-0.4, -0.2) is 60.9 Å². The smallest absolute Gasteiger partial charge is 0.275 e. The molecule has 6 nitrogen and oxygen atoms in total. The van der Waals surface area contributed by atoms with Crippen LogP contribution in [0.4, 0.5) is 14.5 Å². The van der Waals surface area contributed by atoms with E-state index in [1.807, 2.05) is 29.2 Å². The fourth-order valence-electron chi connectivity index (χ4n) is 4.70. The number of alkyl halides is 2. The lowest BCUT2D eigenvalue weighted by molar-refractivity contribution is -0.133. The van der Waals surface area contributed by atoms with Crippen molar-refractivity contribution >= 4 is 17.5 Å². The Labute approximate surface area is 169 Å². The van der Waals surface area contributed by atoms with Crippen molar-refractivity contribution in [2.24, 2.45) is 0 Å². The first-order chi connectivity index (χ1) is 13.9. The summed E-state index contributed by atoms with van der Waals surface area (Å²) in [6.45, 7) is 1.82. The summed E-state index contributed by atoms with van der Waals surface area (Å²) in [5, 5.41) is 8.32. The third kappa shape index (κ3) is 4.59. The largest absolute Gasteiger partial charge is 0.374 e. The lowest BCUT2D eigenvalue weighted by Gasteiger charge is -2.43. The quantitative estimate of drug-likeness (QED) is 0.668. The lowest BCUT2D eigenvalue weighted by Crippen LogP contribution is -2.58. The second-order valence-electron chi connectivity index (χ2n) is 8.32. The Kier molecular flexibility index (Phi) is 5.83. The van der Waals surface area contributed by atoms with Crippen LogP contribution in [0.2, 0.25) is 0 Å². The summed E-state index contributed by atoms with van der Waals surface area (Å²) in [4.78, 5) is 25.1. The number of nitrogens with one attached hydrogen (secondary N) is 3. The van der Waals surface area contributed by atoms with Gasteiger partial charge in [0.25, 0.3) is 5.92 Å². The van der Waals surface area contributed by atoms with E-state index in [4.69, 9.17) is 0 Å². The van der Waals surface area contributed by atoms with Crippen LogP contribution in [-0.2, 0) is 9.59 Å². The van der Waals surface area contributed by atoms with Gasteiger partial charge in [-0.1, -0.05) is 12.1 Å². The number of anilines is 1. The van der Waals surface area contributed by atoms with Gasteiger partial charge in [-0.2, -0.15) is 0 Å². The second-order valence-corrected chi connectivity index (χ2v) is 8.32. The summed E-state index contributed by atoms with van der Waals surface area (Å²) < 4.78 is 28.4. The second kappa shape index (κ2) is 8.36. The SMILES string of the molecule is O=C1CCC(Nc2ccc(C3CCN(C4CCNCC4(F)F)CC3)cc2)C(=O)N1. The molecule has 3 heterocycles. The number of hydrogen-bond donors (Lipinski definition) is 3. The number of nitrogens with zero attached hydrogens (tertiary/aromatic N) is 1. The first kappa shape index (κ1) is 20.2. The monoisotopic (exact) mass is 406 g/mol. The Morgan fingerprint density at radius 1 is 1.03 bits per heavy atom. The van der Waals surface area contributed by atoms with Gasteiger partial charge in [0.1, 0.15) is 6.04 Å². The molecule has 0 saturated carbocycles. The van der Waals surface area contributed by atoms with Gasteiger partial charge in [-0.3, -0.25) is 19.8 Å². The highest BCUT2D eigenvalue weighted by atomic mass is 19.3. The maximum absolute atomic E-state index is 14.2. The summed E-state index contributed by atoms with van der Waals surface area (Å²) in [6.07, 6.45) is 3.08. The van der Waals surface area contributed by atoms with Crippen LogP contribution in [0.1, 0.15) is 43.6 Å². The highest BCUT2D eigenvalue weighted by Gasteiger charge is 2.45. The maximum atomic E-state index is 14.2. The number of amides is 2. The molecule has 3 aliphatic rings. The first-order valence-electron chi connectivity index (χ1n) is 10.5. The number of likely N-dealkylation sites (tertiary alicyclic amines) is 1. The topological polar surface area (TPSA) is 73.5 Å². The van der Waals surface area contributed by atoms with Gasteiger partial charge in [-0.05, 0) is 68.9 Å². The van der Waals surface area contributed by atoms with Crippen molar-refractivity contribution in [3.8, 4) is 0 Å². The Morgan fingerprint density at radius 3 is 2.41 bits per heavy atom. The number of piperidine rings is 3. The molecule has 2 amide bonds. The Bertz CT molecular complexity index is 748. The molecule has 3 saturated heterocycles. The van der Waals surface area contributed by atoms with Gasteiger partial charge < -0.3 is 10.6 Å². The van der Waals surface area contributed by atoms with Gasteiger partial charge in [0.15, 0.2) is 0 Å². The van der Waals surface area contributed by atoms with Crippen molar-refractivity contribution in [1.29, 1.82) is 0 Å². The Morgan fingerprint density at radius 2 is 1.76 bits per heavy atom. The summed E-state index contributed by atoms with van der Waals surface area (Å²) in [7, 11) is 0. The van der Waals surface area contributed by atoms with Crippen molar-refractivity contribution in [2.45, 2.75) is 56.0 Å². The van der Waals surface area contributed by atoms with Crippen LogP contribution in [0.3, 0.4) is 0 Å². The third-order valence-electron chi connectivity index (χ3n) is 6.38. The molecule has 1 aromatic carbocycles. The molecule has 0 bridgehead atoms. The highest BCUT2D eigenvalue weighted by Crippen LogP contribution is 2.34. The molecule has 158 valence electrons. The van der Waals surface area contributed by atoms with Crippen LogP contribution < -0.4 is 16.0 Å². The van der Waals surface area contributed by atoms with E-state index in [9.17, 15) is 18.4 Å². The van der Waals surface area contributed by atoms with E-state index >= 15 is 0 Å². The van der Waals surface area contributed by atoms with Gasteiger partial charge in [-0.25, -0.2) is 8.78 Å².